The summed E-state index contributed by atoms with van der Waals surface area (Å²) in [5.74, 6) is -0.193. The Morgan fingerprint density at radius 1 is 1.35 bits per heavy atom. The van der Waals surface area contributed by atoms with Crippen molar-refractivity contribution in [3.63, 3.8) is 0 Å². The Morgan fingerprint density at radius 3 is 2.78 bits per heavy atom. The zero-order chi connectivity index (χ0) is 16.4. The third-order valence-electron chi connectivity index (χ3n) is 4.82. The van der Waals surface area contributed by atoms with Gasteiger partial charge < -0.3 is 14.7 Å². The summed E-state index contributed by atoms with van der Waals surface area (Å²) in [6, 6.07) is 1.15. The predicted octanol–water partition coefficient (Wildman–Crippen LogP) is -0.862. The standard InChI is InChI=1S/C15H21N3O5/c19-11-2-1-7-23-15(11)3-5-18(6-4-15)13(21)9-10-8-12(20)16-17-14(10)22/h8,11,19H,1-7,9H2,(H,16,20)(H,17,22)/t11-/m1/s1. The Kier molecular flexibility index (Phi) is 4.36. The molecule has 1 spiro atoms. The summed E-state index contributed by atoms with van der Waals surface area (Å²) in [4.78, 5) is 36.9. The Morgan fingerprint density at radius 2 is 2.09 bits per heavy atom. The van der Waals surface area contributed by atoms with E-state index in [9.17, 15) is 19.5 Å². The third-order valence-corrected chi connectivity index (χ3v) is 4.82. The van der Waals surface area contributed by atoms with E-state index >= 15 is 0 Å². The molecule has 2 aliphatic heterocycles. The van der Waals surface area contributed by atoms with Gasteiger partial charge in [-0.25, -0.2) is 0 Å². The van der Waals surface area contributed by atoms with Gasteiger partial charge in [-0.05, 0) is 25.7 Å². The Bertz CT molecular complexity index is 687. The summed E-state index contributed by atoms with van der Waals surface area (Å²) in [5.41, 5.74) is -1.27. The quantitative estimate of drug-likeness (QED) is 0.655. The molecule has 3 heterocycles. The number of amides is 1. The molecule has 3 N–H and O–H groups in total. The average molecular weight is 323 g/mol. The van der Waals surface area contributed by atoms with Gasteiger partial charge in [0, 0.05) is 31.3 Å². The van der Waals surface area contributed by atoms with Gasteiger partial charge in [0.2, 0.25) is 5.91 Å². The monoisotopic (exact) mass is 323 g/mol. The van der Waals surface area contributed by atoms with Crippen molar-refractivity contribution < 1.29 is 14.6 Å². The molecule has 0 unspecified atom stereocenters. The second-order valence-corrected chi connectivity index (χ2v) is 6.24. The number of piperidine rings is 1. The molecule has 0 aliphatic carbocycles. The van der Waals surface area contributed by atoms with Crippen molar-refractivity contribution in [1.82, 2.24) is 15.1 Å². The molecule has 2 aliphatic rings. The van der Waals surface area contributed by atoms with E-state index < -0.39 is 22.8 Å². The van der Waals surface area contributed by atoms with Crippen LogP contribution in [0.4, 0.5) is 0 Å². The highest BCUT2D eigenvalue weighted by molar-refractivity contribution is 5.78. The molecule has 8 heteroatoms. The zero-order valence-electron chi connectivity index (χ0n) is 12.8. The Hall–Kier alpha value is -1.93. The first kappa shape index (κ1) is 15.9. The molecule has 23 heavy (non-hydrogen) atoms. The fraction of sp³-hybridized carbons (Fsp3) is 0.667. The van der Waals surface area contributed by atoms with E-state index in [0.29, 0.717) is 32.5 Å². The minimum absolute atomic E-state index is 0.102. The normalized spacial score (nSPS) is 23.9. The third kappa shape index (κ3) is 3.23. The smallest absolute Gasteiger partial charge is 0.266 e. The van der Waals surface area contributed by atoms with Crippen LogP contribution in [0, 0.1) is 0 Å². The van der Waals surface area contributed by atoms with Crippen LogP contribution in [0.15, 0.2) is 15.7 Å². The Labute approximate surface area is 132 Å². The SMILES string of the molecule is O=C(Cc1cc(=O)[nH][nH]c1=O)N1CCC2(CC1)OCCC[C@H]2O. The van der Waals surface area contributed by atoms with Crippen molar-refractivity contribution >= 4 is 5.91 Å². The second kappa shape index (κ2) is 6.29. The lowest BCUT2D eigenvalue weighted by atomic mass is 9.82. The number of aromatic amines is 2. The van der Waals surface area contributed by atoms with Crippen molar-refractivity contribution in [3.05, 3.63) is 32.3 Å². The van der Waals surface area contributed by atoms with Gasteiger partial charge in [0.1, 0.15) is 0 Å². The number of nitrogens with zero attached hydrogens (tertiary/aromatic N) is 1. The van der Waals surface area contributed by atoms with E-state index in [0.717, 1.165) is 18.9 Å². The van der Waals surface area contributed by atoms with E-state index in [-0.39, 0.29) is 17.9 Å². The highest BCUT2D eigenvalue weighted by atomic mass is 16.5. The van der Waals surface area contributed by atoms with E-state index in [1.54, 1.807) is 4.90 Å². The number of carbonyl (C=O) groups is 1. The van der Waals surface area contributed by atoms with Gasteiger partial charge in [0.05, 0.1) is 18.1 Å². The summed E-state index contributed by atoms with van der Waals surface area (Å²) in [6.45, 7) is 1.61. The highest BCUT2D eigenvalue weighted by Crippen LogP contribution is 2.35. The first-order valence-corrected chi connectivity index (χ1v) is 7.91. The van der Waals surface area contributed by atoms with Crippen molar-refractivity contribution in [3.8, 4) is 0 Å². The largest absolute Gasteiger partial charge is 0.390 e. The van der Waals surface area contributed by atoms with Crippen LogP contribution in [0.3, 0.4) is 0 Å². The number of nitrogens with one attached hydrogen (secondary N) is 2. The van der Waals surface area contributed by atoms with Crippen LogP contribution in [0.25, 0.3) is 0 Å². The number of aliphatic hydroxyl groups is 1. The number of carbonyl (C=O) groups excluding carboxylic acids is 1. The molecular weight excluding hydrogens is 302 g/mol. The maximum atomic E-state index is 12.3. The van der Waals surface area contributed by atoms with Gasteiger partial charge in [-0.15, -0.1) is 0 Å². The topological polar surface area (TPSA) is 115 Å². The lowest BCUT2D eigenvalue weighted by Crippen LogP contribution is -2.56. The van der Waals surface area contributed by atoms with Crippen LogP contribution in [-0.4, -0.2) is 57.5 Å². The average Bonchev–Trinajstić information content (AvgIpc) is 2.54. The van der Waals surface area contributed by atoms with E-state index in [4.69, 9.17) is 4.74 Å². The van der Waals surface area contributed by atoms with Gasteiger partial charge in [-0.1, -0.05) is 0 Å². The molecule has 8 nitrogen and oxygen atoms in total. The van der Waals surface area contributed by atoms with E-state index in [2.05, 4.69) is 10.2 Å². The molecular formula is C15H21N3O5. The number of likely N-dealkylation sites (tertiary alicyclic amines) is 1. The maximum absolute atomic E-state index is 12.3. The first-order chi connectivity index (χ1) is 11.0. The fourth-order valence-corrected chi connectivity index (χ4v) is 3.39. The molecule has 1 aromatic heterocycles. The summed E-state index contributed by atoms with van der Waals surface area (Å²) < 4.78 is 5.81. The zero-order valence-corrected chi connectivity index (χ0v) is 12.8. The molecule has 126 valence electrons. The maximum Gasteiger partial charge on any atom is 0.266 e. The predicted molar refractivity (Wildman–Crippen MR) is 81.1 cm³/mol. The number of aromatic nitrogens is 2. The molecule has 1 aromatic rings. The van der Waals surface area contributed by atoms with Crippen molar-refractivity contribution in [1.29, 1.82) is 0 Å². The van der Waals surface area contributed by atoms with Crippen LogP contribution in [0.1, 0.15) is 31.2 Å². The number of ether oxygens (including phenoxy) is 1. The number of aliphatic hydroxyl groups excluding tert-OH is 1. The Balaban J connectivity index is 1.63. The molecule has 0 bridgehead atoms. The van der Waals surface area contributed by atoms with Crippen LogP contribution >= 0.6 is 0 Å². The molecule has 2 fully saturated rings. The van der Waals surface area contributed by atoms with Gasteiger partial charge in [0.25, 0.3) is 11.1 Å². The van der Waals surface area contributed by atoms with Crippen LogP contribution < -0.4 is 11.1 Å². The van der Waals surface area contributed by atoms with Crippen LogP contribution in [-0.2, 0) is 16.0 Å². The van der Waals surface area contributed by atoms with Crippen molar-refractivity contribution in [2.45, 2.75) is 43.8 Å². The summed E-state index contributed by atoms with van der Waals surface area (Å²) in [5, 5.41) is 14.6. The number of H-pyrrole nitrogens is 2. The molecule has 2 saturated heterocycles. The molecule has 0 radical (unpaired) electrons. The minimum Gasteiger partial charge on any atom is -0.390 e. The molecule has 0 saturated carbocycles. The van der Waals surface area contributed by atoms with E-state index in [1.807, 2.05) is 0 Å². The molecule has 1 amide bonds. The van der Waals surface area contributed by atoms with Crippen LogP contribution in [0.5, 0.6) is 0 Å². The van der Waals surface area contributed by atoms with Crippen LogP contribution in [0.2, 0.25) is 0 Å². The minimum atomic E-state index is -0.531. The number of hydrogen-bond acceptors (Lipinski definition) is 5. The van der Waals surface area contributed by atoms with Gasteiger partial charge >= 0.3 is 0 Å². The lowest BCUT2D eigenvalue weighted by molar-refractivity contribution is -0.179. The van der Waals surface area contributed by atoms with Gasteiger partial charge in [-0.3, -0.25) is 24.6 Å². The first-order valence-electron chi connectivity index (χ1n) is 7.91. The number of hydrogen-bond donors (Lipinski definition) is 3. The van der Waals surface area contributed by atoms with Gasteiger partial charge in [0.15, 0.2) is 0 Å². The van der Waals surface area contributed by atoms with Crippen molar-refractivity contribution in [2.24, 2.45) is 0 Å². The summed E-state index contributed by atoms with van der Waals surface area (Å²) in [7, 11) is 0. The van der Waals surface area contributed by atoms with E-state index in [1.165, 1.54) is 0 Å². The summed E-state index contributed by atoms with van der Waals surface area (Å²) >= 11 is 0. The van der Waals surface area contributed by atoms with Crippen molar-refractivity contribution in [2.75, 3.05) is 19.7 Å². The van der Waals surface area contributed by atoms with Gasteiger partial charge in [-0.2, -0.15) is 0 Å². The summed E-state index contributed by atoms with van der Waals surface area (Å²) in [6.07, 6.45) is 2.18. The molecule has 0 aromatic carbocycles. The number of rotatable bonds is 2. The molecule has 1 atom stereocenters. The second-order valence-electron chi connectivity index (χ2n) is 6.24. The molecule has 3 rings (SSSR count). The fourth-order valence-electron chi connectivity index (χ4n) is 3.39. The highest BCUT2D eigenvalue weighted by Gasteiger charge is 2.44. The lowest BCUT2D eigenvalue weighted by Gasteiger charge is -2.46.